The first-order chi connectivity index (χ1) is 40.5. The first-order valence-electron chi connectivity index (χ1n) is 35.4. The third kappa shape index (κ3) is 55.6. The molecule has 0 rings (SSSR count). The highest BCUT2D eigenvalue weighted by atomic mass is 16.5. The summed E-state index contributed by atoms with van der Waals surface area (Å²) < 4.78 is 28.0. The zero-order valence-corrected chi connectivity index (χ0v) is 55.7. The van der Waals surface area contributed by atoms with E-state index in [1.54, 1.807) is 0 Å². The molecular formula is C70H135N3O10. The van der Waals surface area contributed by atoms with Crippen LogP contribution in [-0.4, -0.2) is 136 Å². The van der Waals surface area contributed by atoms with Gasteiger partial charge in [-0.05, 0) is 39.5 Å². The first kappa shape index (κ1) is 80.2. The van der Waals surface area contributed by atoms with Crippen molar-refractivity contribution in [3.8, 4) is 0 Å². The second kappa shape index (κ2) is 62.3. The fourth-order valence-electron chi connectivity index (χ4n) is 11.0. The van der Waals surface area contributed by atoms with Crippen molar-refractivity contribution >= 4 is 29.8 Å². The Hall–Kier alpha value is -2.77. The quantitative estimate of drug-likeness (QED) is 0.0324. The number of carbonyl (C=O) groups is 5. The maximum atomic E-state index is 13.4. The maximum absolute atomic E-state index is 13.4. The standard InChI is InChI=1S/C70H135N3O10/c1-8-12-16-20-24-28-32-36-40-44-58-80-67(75)48-53-71(62-64(5)72(54-49-66(74)79-7)55-50-68(76)81-59-45-41-37-33-29-25-21-17-13-9-2)63-65(6)73(56-51-69(77)82-60-46-42-38-34-30-26-22-18-14-10-3)57-52-70(78)83-61-47-43-39-35-31-27-23-19-15-11-4/h64-65H,8-63H2,1-7H3. The fourth-order valence-corrected chi connectivity index (χ4v) is 11.0. The minimum absolute atomic E-state index is 0.112. The summed E-state index contributed by atoms with van der Waals surface area (Å²) in [7, 11) is 1.39. The number of nitrogens with zero attached hydrogens (tertiary/aromatic N) is 3. The molecule has 0 spiro atoms. The summed E-state index contributed by atoms with van der Waals surface area (Å²) in [5.41, 5.74) is 0. The molecule has 0 aromatic rings. The minimum Gasteiger partial charge on any atom is -0.469 e. The lowest BCUT2D eigenvalue weighted by atomic mass is 10.1. The van der Waals surface area contributed by atoms with Gasteiger partial charge in [0.15, 0.2) is 0 Å². The Morgan fingerprint density at radius 3 is 0.687 bits per heavy atom. The van der Waals surface area contributed by atoms with E-state index >= 15 is 0 Å². The lowest BCUT2D eigenvalue weighted by Gasteiger charge is -2.37. The van der Waals surface area contributed by atoms with Crippen molar-refractivity contribution in [3.63, 3.8) is 0 Å². The van der Waals surface area contributed by atoms with E-state index in [2.05, 4.69) is 56.2 Å². The molecule has 0 aliphatic carbocycles. The van der Waals surface area contributed by atoms with Gasteiger partial charge in [0.2, 0.25) is 0 Å². The van der Waals surface area contributed by atoms with Crippen molar-refractivity contribution in [3.05, 3.63) is 0 Å². The Labute approximate surface area is 512 Å². The first-order valence-corrected chi connectivity index (χ1v) is 35.4. The normalized spacial score (nSPS) is 12.3. The Balaban J connectivity index is 5.96. The van der Waals surface area contributed by atoms with Gasteiger partial charge in [-0.1, -0.05) is 259 Å². The van der Waals surface area contributed by atoms with Gasteiger partial charge in [0.25, 0.3) is 0 Å². The molecule has 0 radical (unpaired) electrons. The second-order valence-corrected chi connectivity index (χ2v) is 24.5. The number of ether oxygens (including phenoxy) is 5. The van der Waals surface area contributed by atoms with E-state index in [1.807, 2.05) is 0 Å². The van der Waals surface area contributed by atoms with E-state index in [0.29, 0.717) is 72.2 Å². The van der Waals surface area contributed by atoms with Crippen molar-refractivity contribution < 1.29 is 47.7 Å². The SMILES string of the molecule is CCCCCCCCCCCCOC(=O)CCN(CC(C)N(CCC(=O)OC)CCC(=O)OCCCCCCCCCCCC)CC(C)N(CCC(=O)OCCCCCCCCCCCC)CCC(=O)OCCCCCCCCCCCC. The van der Waals surface area contributed by atoms with Crippen molar-refractivity contribution in [1.82, 2.24) is 14.7 Å². The van der Waals surface area contributed by atoms with Crippen molar-refractivity contribution in [2.45, 2.75) is 343 Å². The van der Waals surface area contributed by atoms with Crippen molar-refractivity contribution in [1.29, 1.82) is 0 Å². The maximum Gasteiger partial charge on any atom is 0.307 e. The smallest absolute Gasteiger partial charge is 0.307 e. The van der Waals surface area contributed by atoms with Crippen molar-refractivity contribution in [2.24, 2.45) is 0 Å². The largest absolute Gasteiger partial charge is 0.469 e. The number of rotatable bonds is 65. The molecule has 2 unspecified atom stereocenters. The van der Waals surface area contributed by atoms with Crippen LogP contribution in [0.1, 0.15) is 330 Å². The molecule has 0 aromatic heterocycles. The molecular weight excluding hydrogens is 1040 g/mol. The summed E-state index contributed by atoms with van der Waals surface area (Å²) in [5.74, 6) is -1.26. The third-order valence-electron chi connectivity index (χ3n) is 16.6. The van der Waals surface area contributed by atoms with Gasteiger partial charge in [0.1, 0.15) is 0 Å². The van der Waals surface area contributed by atoms with Crippen molar-refractivity contribution in [2.75, 3.05) is 79.4 Å². The Kier molecular flexibility index (Phi) is 60.2. The van der Waals surface area contributed by atoms with E-state index in [9.17, 15) is 24.0 Å². The molecule has 0 aliphatic rings. The summed E-state index contributed by atoms with van der Waals surface area (Å²) in [5, 5.41) is 0. The summed E-state index contributed by atoms with van der Waals surface area (Å²) in [6, 6.07) is -0.224. The molecule has 0 fully saturated rings. The highest BCUT2D eigenvalue weighted by Gasteiger charge is 2.25. The Morgan fingerprint density at radius 1 is 0.277 bits per heavy atom. The summed E-state index contributed by atoms with van der Waals surface area (Å²) >= 11 is 0. The van der Waals surface area contributed by atoms with E-state index in [4.69, 9.17) is 23.7 Å². The van der Waals surface area contributed by atoms with Crippen LogP contribution in [0.25, 0.3) is 0 Å². The van der Waals surface area contributed by atoms with E-state index in [1.165, 1.54) is 187 Å². The predicted octanol–water partition coefficient (Wildman–Crippen LogP) is 17.6. The number of carbonyl (C=O) groups excluding carboxylic acids is 5. The van der Waals surface area contributed by atoms with Gasteiger partial charge in [0, 0.05) is 57.9 Å². The fraction of sp³-hybridized carbons (Fsp3) is 0.929. The van der Waals surface area contributed by atoms with Crippen LogP contribution in [0.5, 0.6) is 0 Å². The second-order valence-electron chi connectivity index (χ2n) is 24.5. The highest BCUT2D eigenvalue weighted by Crippen LogP contribution is 2.17. The lowest BCUT2D eigenvalue weighted by molar-refractivity contribution is -0.146. The molecule has 13 nitrogen and oxygen atoms in total. The zero-order valence-electron chi connectivity index (χ0n) is 55.7. The topological polar surface area (TPSA) is 141 Å². The summed E-state index contributed by atoms with van der Waals surface area (Å²) in [4.78, 5) is 72.1. The van der Waals surface area contributed by atoms with Crippen LogP contribution in [0.4, 0.5) is 0 Å². The van der Waals surface area contributed by atoms with E-state index in [-0.39, 0.29) is 74.0 Å². The van der Waals surface area contributed by atoms with Crippen LogP contribution in [0.2, 0.25) is 0 Å². The third-order valence-corrected chi connectivity index (χ3v) is 16.6. The minimum atomic E-state index is -0.318. The number of esters is 5. The van der Waals surface area contributed by atoms with Gasteiger partial charge in [0.05, 0.1) is 65.6 Å². The molecule has 0 aromatic carbocycles. The molecule has 0 aliphatic heterocycles. The highest BCUT2D eigenvalue weighted by molar-refractivity contribution is 5.71. The van der Waals surface area contributed by atoms with Crippen LogP contribution in [0.15, 0.2) is 0 Å². The molecule has 0 N–H and O–H groups in total. The monoisotopic (exact) mass is 1180 g/mol. The van der Waals surface area contributed by atoms with Gasteiger partial charge in [-0.25, -0.2) is 0 Å². The predicted molar refractivity (Wildman–Crippen MR) is 345 cm³/mol. The van der Waals surface area contributed by atoms with Crippen LogP contribution in [0.3, 0.4) is 0 Å². The van der Waals surface area contributed by atoms with E-state index in [0.717, 1.165) is 77.0 Å². The van der Waals surface area contributed by atoms with Crippen LogP contribution >= 0.6 is 0 Å². The number of hydrogen-bond donors (Lipinski definition) is 0. The molecule has 0 amide bonds. The van der Waals surface area contributed by atoms with E-state index < -0.39 is 0 Å². The molecule has 490 valence electrons. The van der Waals surface area contributed by atoms with Gasteiger partial charge in [-0.2, -0.15) is 0 Å². The zero-order chi connectivity index (χ0) is 60.9. The molecule has 0 saturated carbocycles. The lowest BCUT2D eigenvalue weighted by Crippen LogP contribution is -2.49. The average molecular weight is 1180 g/mol. The van der Waals surface area contributed by atoms with Crippen LogP contribution < -0.4 is 0 Å². The molecule has 2 atom stereocenters. The molecule has 0 bridgehead atoms. The average Bonchev–Trinajstić information content (AvgIpc) is 3.57. The van der Waals surface area contributed by atoms with Gasteiger partial charge in [-0.3, -0.25) is 38.7 Å². The molecule has 13 heteroatoms. The number of hydrogen-bond acceptors (Lipinski definition) is 13. The van der Waals surface area contributed by atoms with Gasteiger partial charge in [-0.15, -0.1) is 0 Å². The summed E-state index contributed by atoms with van der Waals surface area (Å²) in [6.45, 7) is 18.0. The molecule has 0 heterocycles. The van der Waals surface area contributed by atoms with Gasteiger partial charge >= 0.3 is 29.8 Å². The van der Waals surface area contributed by atoms with Gasteiger partial charge < -0.3 is 23.7 Å². The molecule has 0 saturated heterocycles. The number of methoxy groups -OCH3 is 1. The van der Waals surface area contributed by atoms with Crippen LogP contribution in [-0.2, 0) is 47.7 Å². The number of unbranched alkanes of at least 4 members (excludes halogenated alkanes) is 36. The molecule has 83 heavy (non-hydrogen) atoms. The van der Waals surface area contributed by atoms with Crippen LogP contribution in [0, 0.1) is 0 Å². The summed E-state index contributed by atoms with van der Waals surface area (Å²) in [6.07, 6.45) is 49.4. The Morgan fingerprint density at radius 2 is 0.470 bits per heavy atom. The Bertz CT molecular complexity index is 1430.